The largest absolute Gasteiger partial charge is 0.331 e. The Morgan fingerprint density at radius 1 is 1.19 bits per heavy atom. The third-order valence-electron chi connectivity index (χ3n) is 6.13. The van der Waals surface area contributed by atoms with Crippen LogP contribution in [0.3, 0.4) is 0 Å². The fraction of sp³-hybridized carbons (Fsp3) is 0.375. The van der Waals surface area contributed by atoms with Gasteiger partial charge in [-0.15, -0.1) is 0 Å². The molecule has 7 heteroatoms. The normalized spacial score (nSPS) is 16.7. The van der Waals surface area contributed by atoms with Gasteiger partial charge >= 0.3 is 0 Å². The van der Waals surface area contributed by atoms with E-state index in [1.54, 1.807) is 42.3 Å². The van der Waals surface area contributed by atoms with Gasteiger partial charge < -0.3 is 9.47 Å². The maximum atomic E-state index is 14.4. The number of likely N-dealkylation sites (N-methyl/N-ethyl adjacent to an activating group) is 1. The molecule has 1 aliphatic heterocycles. The first kappa shape index (κ1) is 21.2. The van der Waals surface area contributed by atoms with Crippen LogP contribution in [0.1, 0.15) is 35.8 Å². The number of aryl methyl sites for hydroxylation is 1. The van der Waals surface area contributed by atoms with Crippen LogP contribution >= 0.6 is 0 Å². The number of carbonyl (C=O) groups is 1. The van der Waals surface area contributed by atoms with Crippen LogP contribution in [-0.4, -0.2) is 50.9 Å². The Kier molecular flexibility index (Phi) is 6.13. The second-order valence-corrected chi connectivity index (χ2v) is 8.02. The quantitative estimate of drug-likeness (QED) is 0.612. The predicted octanol–water partition coefficient (Wildman–Crippen LogP) is 3.20. The number of aromatic nitrogens is 2. The monoisotopic (exact) mass is 422 g/mol. The van der Waals surface area contributed by atoms with Crippen LogP contribution in [-0.2, 0) is 13.6 Å². The van der Waals surface area contributed by atoms with Crippen LogP contribution < -0.4 is 5.56 Å². The molecule has 4 rings (SSSR count). The molecule has 0 spiro atoms. The van der Waals surface area contributed by atoms with Crippen LogP contribution in [0.25, 0.3) is 11.0 Å². The van der Waals surface area contributed by atoms with Gasteiger partial charge in [-0.05, 0) is 44.1 Å². The molecule has 0 bridgehead atoms. The molecule has 0 radical (unpaired) electrons. The Hall–Kier alpha value is -3.06. The molecule has 6 nitrogen and oxygen atoms in total. The Balaban J connectivity index is 1.73. The molecule has 1 amide bonds. The van der Waals surface area contributed by atoms with E-state index in [9.17, 15) is 14.0 Å². The molecule has 3 aromatic rings. The summed E-state index contributed by atoms with van der Waals surface area (Å²) in [5.74, 6) is -0.823. The first-order chi connectivity index (χ1) is 15.0. The number of nitrogens with zero attached hydrogens (tertiary/aromatic N) is 4. The van der Waals surface area contributed by atoms with Crippen molar-refractivity contribution in [3.8, 4) is 0 Å². The number of amides is 1. The first-order valence-electron chi connectivity index (χ1n) is 10.7. The highest BCUT2D eigenvalue weighted by Crippen LogP contribution is 2.21. The molecule has 1 unspecified atom stereocenters. The number of rotatable bonds is 6. The number of para-hydroxylation sites is 2. The van der Waals surface area contributed by atoms with Crippen molar-refractivity contribution in [1.82, 2.24) is 19.4 Å². The van der Waals surface area contributed by atoms with Crippen molar-refractivity contribution in [2.75, 3.05) is 19.6 Å². The molecule has 1 saturated heterocycles. The van der Waals surface area contributed by atoms with E-state index in [-0.39, 0.29) is 24.1 Å². The van der Waals surface area contributed by atoms with E-state index in [4.69, 9.17) is 0 Å². The SMILES string of the molecule is CCN1CCCC1CN(Cc1ccccc1F)C(=O)c1nc2ccccc2n(C)c1=O. The zero-order chi connectivity index (χ0) is 22.0. The molecular weight excluding hydrogens is 395 g/mol. The van der Waals surface area contributed by atoms with E-state index in [1.165, 1.54) is 10.6 Å². The Morgan fingerprint density at radius 3 is 2.71 bits per heavy atom. The highest BCUT2D eigenvalue weighted by Gasteiger charge is 2.30. The minimum absolute atomic E-state index is 0.0945. The van der Waals surface area contributed by atoms with Gasteiger partial charge in [0.15, 0.2) is 5.69 Å². The second-order valence-electron chi connectivity index (χ2n) is 8.02. The van der Waals surface area contributed by atoms with Crippen LogP contribution in [0.5, 0.6) is 0 Å². The third-order valence-corrected chi connectivity index (χ3v) is 6.13. The van der Waals surface area contributed by atoms with E-state index in [0.29, 0.717) is 23.1 Å². The van der Waals surface area contributed by atoms with E-state index in [2.05, 4.69) is 16.8 Å². The third kappa shape index (κ3) is 4.23. The van der Waals surface area contributed by atoms with E-state index < -0.39 is 11.5 Å². The van der Waals surface area contributed by atoms with Crippen molar-refractivity contribution in [3.05, 3.63) is 76.0 Å². The number of carbonyl (C=O) groups excluding carboxylic acids is 1. The van der Waals surface area contributed by atoms with Crippen LogP contribution in [0.15, 0.2) is 53.3 Å². The van der Waals surface area contributed by atoms with Crippen LogP contribution in [0.4, 0.5) is 4.39 Å². The number of hydrogen-bond acceptors (Lipinski definition) is 4. The predicted molar refractivity (Wildman–Crippen MR) is 118 cm³/mol. The van der Waals surface area contributed by atoms with Crippen molar-refractivity contribution in [2.24, 2.45) is 7.05 Å². The van der Waals surface area contributed by atoms with Gasteiger partial charge in [0, 0.05) is 31.7 Å². The Bertz CT molecular complexity index is 1160. The van der Waals surface area contributed by atoms with Crippen molar-refractivity contribution in [2.45, 2.75) is 32.4 Å². The minimum Gasteiger partial charge on any atom is -0.331 e. The van der Waals surface area contributed by atoms with Gasteiger partial charge in [-0.1, -0.05) is 37.3 Å². The van der Waals surface area contributed by atoms with Gasteiger partial charge in [0.05, 0.1) is 11.0 Å². The molecule has 31 heavy (non-hydrogen) atoms. The molecule has 0 aliphatic carbocycles. The number of hydrogen-bond donors (Lipinski definition) is 0. The summed E-state index contributed by atoms with van der Waals surface area (Å²) in [5.41, 5.74) is 1.10. The molecule has 1 aliphatic rings. The average Bonchev–Trinajstić information content (AvgIpc) is 3.24. The standard InChI is InChI=1S/C24H27FN4O2/c1-3-28-14-8-10-18(28)16-29(15-17-9-4-5-11-19(17)25)24(31)22-23(30)27(2)21-13-7-6-12-20(21)26-22/h4-7,9,11-13,18H,3,8,10,14-16H2,1-2H3. The lowest BCUT2D eigenvalue weighted by Crippen LogP contribution is -2.44. The van der Waals surface area contributed by atoms with Crippen molar-refractivity contribution >= 4 is 16.9 Å². The van der Waals surface area contributed by atoms with Crippen LogP contribution in [0.2, 0.25) is 0 Å². The van der Waals surface area contributed by atoms with Gasteiger partial charge in [-0.2, -0.15) is 0 Å². The Morgan fingerprint density at radius 2 is 1.94 bits per heavy atom. The molecule has 1 fully saturated rings. The number of benzene rings is 2. The maximum absolute atomic E-state index is 14.4. The summed E-state index contributed by atoms with van der Waals surface area (Å²) in [4.78, 5) is 34.9. The lowest BCUT2D eigenvalue weighted by Gasteiger charge is -2.30. The lowest BCUT2D eigenvalue weighted by molar-refractivity contribution is 0.0682. The van der Waals surface area contributed by atoms with E-state index in [0.717, 1.165) is 25.9 Å². The fourth-order valence-electron chi connectivity index (χ4n) is 4.39. The van der Waals surface area contributed by atoms with Gasteiger partial charge in [-0.25, -0.2) is 9.37 Å². The summed E-state index contributed by atoms with van der Waals surface area (Å²) in [7, 11) is 1.64. The van der Waals surface area contributed by atoms with Gasteiger partial charge in [0.2, 0.25) is 0 Å². The highest BCUT2D eigenvalue weighted by atomic mass is 19.1. The molecule has 1 aromatic heterocycles. The first-order valence-corrected chi connectivity index (χ1v) is 10.7. The zero-order valence-corrected chi connectivity index (χ0v) is 17.9. The van der Waals surface area contributed by atoms with Crippen molar-refractivity contribution in [3.63, 3.8) is 0 Å². The van der Waals surface area contributed by atoms with Crippen molar-refractivity contribution < 1.29 is 9.18 Å². The molecular formula is C24H27FN4O2. The van der Waals surface area contributed by atoms with E-state index in [1.807, 2.05) is 12.1 Å². The topological polar surface area (TPSA) is 58.4 Å². The molecule has 2 heterocycles. The molecule has 2 aromatic carbocycles. The summed E-state index contributed by atoms with van der Waals surface area (Å²) in [6.45, 7) is 4.50. The maximum Gasteiger partial charge on any atom is 0.282 e. The van der Waals surface area contributed by atoms with Gasteiger partial charge in [0.1, 0.15) is 5.82 Å². The van der Waals surface area contributed by atoms with E-state index >= 15 is 0 Å². The number of likely N-dealkylation sites (tertiary alicyclic amines) is 1. The zero-order valence-electron chi connectivity index (χ0n) is 17.9. The second kappa shape index (κ2) is 8.98. The number of halogens is 1. The van der Waals surface area contributed by atoms with Crippen molar-refractivity contribution in [1.29, 1.82) is 0 Å². The summed E-state index contributed by atoms with van der Waals surface area (Å²) in [5, 5.41) is 0. The highest BCUT2D eigenvalue weighted by molar-refractivity contribution is 5.94. The average molecular weight is 423 g/mol. The fourth-order valence-corrected chi connectivity index (χ4v) is 4.39. The smallest absolute Gasteiger partial charge is 0.282 e. The summed E-state index contributed by atoms with van der Waals surface area (Å²) < 4.78 is 15.8. The molecule has 1 atom stereocenters. The van der Waals surface area contributed by atoms with Gasteiger partial charge in [-0.3, -0.25) is 14.5 Å². The summed E-state index contributed by atoms with van der Waals surface area (Å²) >= 11 is 0. The molecule has 0 saturated carbocycles. The lowest BCUT2D eigenvalue weighted by atomic mass is 10.1. The number of fused-ring (bicyclic) bond motifs is 1. The minimum atomic E-state index is -0.461. The molecule has 0 N–H and O–H groups in total. The van der Waals surface area contributed by atoms with Gasteiger partial charge in [0.25, 0.3) is 11.5 Å². The van der Waals surface area contributed by atoms with Crippen LogP contribution in [0, 0.1) is 5.82 Å². The summed E-state index contributed by atoms with van der Waals surface area (Å²) in [6.07, 6.45) is 2.04. The summed E-state index contributed by atoms with van der Waals surface area (Å²) in [6, 6.07) is 13.9. The molecule has 162 valence electrons. The Labute approximate surface area is 180 Å².